The van der Waals surface area contributed by atoms with Crippen molar-refractivity contribution in [2.24, 2.45) is 23.2 Å². The van der Waals surface area contributed by atoms with E-state index in [1.165, 1.54) is 6.42 Å². The van der Waals surface area contributed by atoms with E-state index in [9.17, 15) is 5.11 Å². The van der Waals surface area contributed by atoms with Gasteiger partial charge in [0.2, 0.25) is 0 Å². The summed E-state index contributed by atoms with van der Waals surface area (Å²) in [6.45, 7) is 6.79. The van der Waals surface area contributed by atoms with Gasteiger partial charge >= 0.3 is 0 Å². The molecule has 11 heavy (non-hydrogen) atoms. The first-order chi connectivity index (χ1) is 5.09. The van der Waals surface area contributed by atoms with Gasteiger partial charge in [0.1, 0.15) is 0 Å². The van der Waals surface area contributed by atoms with Gasteiger partial charge in [0.15, 0.2) is 0 Å². The minimum Gasteiger partial charge on any atom is -0.393 e. The van der Waals surface area contributed by atoms with E-state index in [1.807, 2.05) is 0 Å². The maximum absolute atomic E-state index is 9.83. The third kappa shape index (κ3) is 0.752. The van der Waals surface area contributed by atoms with Gasteiger partial charge in [0.25, 0.3) is 0 Å². The van der Waals surface area contributed by atoms with Gasteiger partial charge in [0, 0.05) is 5.41 Å². The number of hydrogen-bond acceptors (Lipinski definition) is 1. The third-order valence-corrected chi connectivity index (χ3v) is 4.08. The highest BCUT2D eigenvalue weighted by Gasteiger charge is 2.66. The summed E-state index contributed by atoms with van der Waals surface area (Å²) in [5.74, 6) is 2.29. The van der Waals surface area contributed by atoms with Crippen LogP contribution in [0.15, 0.2) is 0 Å². The zero-order valence-corrected chi connectivity index (χ0v) is 7.67. The number of fused-ring (bicyclic) bond motifs is 1. The molecule has 0 aromatic rings. The van der Waals surface area contributed by atoms with Crippen LogP contribution in [0.25, 0.3) is 0 Å². The van der Waals surface area contributed by atoms with E-state index in [1.54, 1.807) is 0 Å². The van der Waals surface area contributed by atoms with Crippen LogP contribution in [0, 0.1) is 23.2 Å². The summed E-state index contributed by atoms with van der Waals surface area (Å²) in [5, 5.41) is 9.83. The van der Waals surface area contributed by atoms with Crippen LogP contribution in [0.3, 0.4) is 0 Å². The molecule has 4 atom stereocenters. The molecule has 1 N–H and O–H groups in total. The van der Waals surface area contributed by atoms with Crippen LogP contribution in [0.1, 0.15) is 33.6 Å². The lowest BCUT2D eigenvalue weighted by Gasteiger charge is -2.22. The van der Waals surface area contributed by atoms with E-state index in [4.69, 9.17) is 0 Å². The molecule has 0 aromatic heterocycles. The van der Waals surface area contributed by atoms with Crippen molar-refractivity contribution in [1.29, 1.82) is 0 Å². The summed E-state index contributed by atoms with van der Waals surface area (Å²) in [7, 11) is 0. The first kappa shape index (κ1) is 7.60. The Morgan fingerprint density at radius 1 is 1.45 bits per heavy atom. The minimum atomic E-state index is 0.00231. The van der Waals surface area contributed by atoms with Crippen LogP contribution in [0.4, 0.5) is 0 Å². The number of aliphatic hydroxyl groups excluding tert-OH is 1. The molecule has 0 radical (unpaired) electrons. The summed E-state index contributed by atoms with van der Waals surface area (Å²) in [4.78, 5) is 0. The maximum Gasteiger partial charge on any atom is 0.0604 e. The maximum atomic E-state index is 9.83. The number of aliphatic hydroxyl groups is 1. The average molecular weight is 154 g/mol. The molecule has 0 aromatic carbocycles. The summed E-state index contributed by atoms with van der Waals surface area (Å²) >= 11 is 0. The van der Waals surface area contributed by atoms with E-state index in [0.29, 0.717) is 11.3 Å². The van der Waals surface area contributed by atoms with Crippen molar-refractivity contribution in [2.75, 3.05) is 0 Å². The molecule has 0 saturated heterocycles. The van der Waals surface area contributed by atoms with Crippen LogP contribution in [0.5, 0.6) is 0 Å². The topological polar surface area (TPSA) is 20.2 Å². The first-order valence-electron chi connectivity index (χ1n) is 4.77. The molecule has 2 rings (SSSR count). The van der Waals surface area contributed by atoms with Gasteiger partial charge in [-0.05, 0) is 30.6 Å². The highest BCUT2D eigenvalue weighted by molar-refractivity contribution is 5.15. The van der Waals surface area contributed by atoms with Crippen LogP contribution in [0.2, 0.25) is 0 Å². The Morgan fingerprint density at radius 3 is 2.27 bits per heavy atom. The van der Waals surface area contributed by atoms with Gasteiger partial charge in [-0.25, -0.2) is 0 Å². The Morgan fingerprint density at radius 2 is 2.09 bits per heavy atom. The largest absolute Gasteiger partial charge is 0.393 e. The Bertz CT molecular complexity index is 172. The molecule has 0 unspecified atom stereocenters. The van der Waals surface area contributed by atoms with Crippen LogP contribution >= 0.6 is 0 Å². The quantitative estimate of drug-likeness (QED) is 0.613. The molecule has 2 aliphatic carbocycles. The molecule has 0 heterocycles. The van der Waals surface area contributed by atoms with E-state index in [-0.39, 0.29) is 6.10 Å². The minimum absolute atomic E-state index is 0.00231. The summed E-state index contributed by atoms with van der Waals surface area (Å²) < 4.78 is 0. The molecular formula is C10H18O. The molecule has 0 aliphatic heterocycles. The molecule has 2 fully saturated rings. The second-order valence-corrected chi connectivity index (χ2v) is 4.81. The van der Waals surface area contributed by atoms with Crippen molar-refractivity contribution in [3.8, 4) is 0 Å². The second-order valence-electron chi connectivity index (χ2n) is 4.81. The van der Waals surface area contributed by atoms with Gasteiger partial charge < -0.3 is 5.11 Å². The zero-order chi connectivity index (χ0) is 8.22. The lowest BCUT2D eigenvalue weighted by Crippen LogP contribution is -2.24. The van der Waals surface area contributed by atoms with Gasteiger partial charge in [-0.15, -0.1) is 0 Å². The van der Waals surface area contributed by atoms with Gasteiger partial charge in [-0.3, -0.25) is 0 Å². The molecule has 64 valence electrons. The standard InChI is InChI=1S/C10H18O/c1-6(2)10-5-8(10)7(3)4-9(10)11/h6-9,11H,4-5H2,1-3H3/t7-,8-,9+,10-/m1/s1. The molecule has 2 saturated carbocycles. The zero-order valence-electron chi connectivity index (χ0n) is 7.67. The van der Waals surface area contributed by atoms with Gasteiger partial charge in [0.05, 0.1) is 6.10 Å². The van der Waals surface area contributed by atoms with E-state index < -0.39 is 0 Å². The SMILES string of the molecule is CC(C)[C@]12C[C@@H]1[C@H](C)C[C@@H]2O. The van der Waals surface area contributed by atoms with Crippen molar-refractivity contribution < 1.29 is 5.11 Å². The Kier molecular flexibility index (Phi) is 1.39. The fraction of sp³-hybridized carbons (Fsp3) is 1.00. The fourth-order valence-corrected chi connectivity index (χ4v) is 3.22. The summed E-state index contributed by atoms with van der Waals surface area (Å²) in [6, 6.07) is 0. The van der Waals surface area contributed by atoms with Gasteiger partial charge in [-0.1, -0.05) is 20.8 Å². The van der Waals surface area contributed by atoms with Gasteiger partial charge in [-0.2, -0.15) is 0 Å². The van der Waals surface area contributed by atoms with Crippen LogP contribution in [-0.4, -0.2) is 11.2 Å². The number of hydrogen-bond donors (Lipinski definition) is 1. The average Bonchev–Trinajstić information content (AvgIpc) is 2.56. The van der Waals surface area contributed by atoms with Crippen molar-refractivity contribution >= 4 is 0 Å². The molecule has 0 spiro atoms. The summed E-state index contributed by atoms with van der Waals surface area (Å²) in [5.41, 5.74) is 0.347. The fourth-order valence-electron chi connectivity index (χ4n) is 3.22. The van der Waals surface area contributed by atoms with Crippen LogP contribution < -0.4 is 0 Å². The molecule has 1 nitrogen and oxygen atoms in total. The summed E-state index contributed by atoms with van der Waals surface area (Å²) in [6.07, 6.45) is 2.33. The predicted octanol–water partition coefficient (Wildman–Crippen LogP) is 2.05. The van der Waals surface area contributed by atoms with Crippen molar-refractivity contribution in [3.63, 3.8) is 0 Å². The van der Waals surface area contributed by atoms with E-state index in [0.717, 1.165) is 18.3 Å². The highest BCUT2D eigenvalue weighted by atomic mass is 16.3. The van der Waals surface area contributed by atoms with E-state index in [2.05, 4.69) is 20.8 Å². The normalized spacial score (nSPS) is 54.8. The molecule has 0 amide bonds. The van der Waals surface area contributed by atoms with Crippen molar-refractivity contribution in [2.45, 2.75) is 39.7 Å². The van der Waals surface area contributed by atoms with Crippen LogP contribution in [-0.2, 0) is 0 Å². The monoisotopic (exact) mass is 154 g/mol. The molecular weight excluding hydrogens is 136 g/mol. The van der Waals surface area contributed by atoms with E-state index >= 15 is 0 Å². The lowest BCUT2D eigenvalue weighted by atomic mass is 9.88. The highest BCUT2D eigenvalue weighted by Crippen LogP contribution is 2.69. The Hall–Kier alpha value is -0.0400. The smallest absolute Gasteiger partial charge is 0.0604 e. The Balaban J connectivity index is 2.19. The van der Waals surface area contributed by atoms with Crippen molar-refractivity contribution in [3.05, 3.63) is 0 Å². The Labute approximate surface area is 68.8 Å². The molecule has 0 bridgehead atoms. The molecule has 1 heteroatoms. The third-order valence-electron chi connectivity index (χ3n) is 4.08. The molecule has 2 aliphatic rings. The lowest BCUT2D eigenvalue weighted by molar-refractivity contribution is 0.0741. The van der Waals surface area contributed by atoms with Crippen molar-refractivity contribution in [1.82, 2.24) is 0 Å². The first-order valence-corrected chi connectivity index (χ1v) is 4.77. The number of rotatable bonds is 1. The predicted molar refractivity (Wildman–Crippen MR) is 45.2 cm³/mol. The second kappa shape index (κ2) is 2.01.